The fourth-order valence-electron chi connectivity index (χ4n) is 3.64. The number of rotatable bonds is 6. The van der Waals surface area contributed by atoms with Crippen molar-refractivity contribution in [2.75, 3.05) is 26.8 Å². The summed E-state index contributed by atoms with van der Waals surface area (Å²) in [4.78, 5) is 0. The van der Waals surface area contributed by atoms with E-state index < -0.39 is 0 Å². The van der Waals surface area contributed by atoms with E-state index in [0.717, 1.165) is 37.6 Å². The van der Waals surface area contributed by atoms with Crippen molar-refractivity contribution in [3.8, 4) is 0 Å². The van der Waals surface area contributed by atoms with Gasteiger partial charge in [0.1, 0.15) is 0 Å². The van der Waals surface area contributed by atoms with E-state index in [1.165, 1.54) is 51.5 Å². The molecule has 1 aliphatic heterocycles. The van der Waals surface area contributed by atoms with Gasteiger partial charge in [-0.2, -0.15) is 0 Å². The van der Waals surface area contributed by atoms with Crippen molar-refractivity contribution in [2.45, 2.75) is 63.5 Å². The first-order chi connectivity index (χ1) is 8.92. The monoisotopic (exact) mass is 254 g/mol. The molecule has 0 aromatic rings. The topological polar surface area (TPSA) is 33.3 Å². The first-order valence-corrected chi connectivity index (χ1v) is 7.87. The van der Waals surface area contributed by atoms with Crippen molar-refractivity contribution in [1.29, 1.82) is 0 Å². The van der Waals surface area contributed by atoms with Crippen molar-refractivity contribution in [3.05, 3.63) is 0 Å². The molecule has 1 heterocycles. The third-order valence-corrected chi connectivity index (χ3v) is 4.62. The molecule has 1 saturated carbocycles. The molecule has 0 radical (unpaired) electrons. The van der Waals surface area contributed by atoms with Crippen LogP contribution < -0.4 is 10.6 Å². The molecular weight excluding hydrogens is 224 g/mol. The molecule has 2 fully saturated rings. The van der Waals surface area contributed by atoms with E-state index in [9.17, 15) is 0 Å². The Kier molecular flexibility index (Phi) is 6.46. The van der Waals surface area contributed by atoms with Crippen molar-refractivity contribution < 1.29 is 4.74 Å². The van der Waals surface area contributed by atoms with Crippen LogP contribution in [0.15, 0.2) is 0 Å². The lowest BCUT2D eigenvalue weighted by atomic mass is 9.77. The third kappa shape index (κ3) is 4.22. The number of ether oxygens (including phenoxy) is 1. The second-order valence-electron chi connectivity index (χ2n) is 5.91. The van der Waals surface area contributed by atoms with Gasteiger partial charge in [-0.15, -0.1) is 0 Å². The molecule has 0 aromatic carbocycles. The number of piperidine rings is 1. The van der Waals surface area contributed by atoms with Crippen LogP contribution in [0.1, 0.15) is 51.4 Å². The van der Waals surface area contributed by atoms with Crippen LogP contribution in [0.5, 0.6) is 0 Å². The predicted octanol–water partition coefficient (Wildman–Crippen LogP) is 2.31. The first kappa shape index (κ1) is 14.3. The molecule has 106 valence electrons. The highest BCUT2D eigenvalue weighted by atomic mass is 16.5. The van der Waals surface area contributed by atoms with Gasteiger partial charge >= 0.3 is 0 Å². The summed E-state index contributed by atoms with van der Waals surface area (Å²) in [6.07, 6.45) is 10.9. The average Bonchev–Trinajstić information content (AvgIpc) is 2.45. The number of methoxy groups -OCH3 is 1. The highest BCUT2D eigenvalue weighted by Crippen LogP contribution is 2.30. The molecule has 0 aromatic heterocycles. The molecule has 18 heavy (non-hydrogen) atoms. The Hall–Kier alpha value is -0.120. The fraction of sp³-hybridized carbons (Fsp3) is 1.00. The Bertz CT molecular complexity index is 217. The Morgan fingerprint density at radius 2 is 1.94 bits per heavy atom. The van der Waals surface area contributed by atoms with Gasteiger partial charge < -0.3 is 15.4 Å². The lowest BCUT2D eigenvalue weighted by Crippen LogP contribution is -2.50. The summed E-state index contributed by atoms with van der Waals surface area (Å²) in [7, 11) is 1.79. The Morgan fingerprint density at radius 3 is 2.72 bits per heavy atom. The molecule has 3 nitrogen and oxygen atoms in total. The van der Waals surface area contributed by atoms with Crippen LogP contribution in [-0.2, 0) is 4.74 Å². The zero-order chi connectivity index (χ0) is 12.6. The predicted molar refractivity (Wildman–Crippen MR) is 75.9 cm³/mol. The molecule has 3 atom stereocenters. The summed E-state index contributed by atoms with van der Waals surface area (Å²) in [6, 6.07) is 1.52. The van der Waals surface area contributed by atoms with E-state index in [0.29, 0.717) is 0 Å². The number of nitrogens with one attached hydrogen (secondary N) is 2. The zero-order valence-electron chi connectivity index (χ0n) is 11.9. The molecule has 0 bridgehead atoms. The third-order valence-electron chi connectivity index (χ3n) is 4.62. The molecule has 1 aliphatic carbocycles. The maximum atomic E-state index is 5.12. The maximum Gasteiger partial charge on any atom is 0.0474 e. The fourth-order valence-corrected chi connectivity index (χ4v) is 3.64. The van der Waals surface area contributed by atoms with Gasteiger partial charge in [-0.05, 0) is 51.1 Å². The van der Waals surface area contributed by atoms with E-state index in [2.05, 4.69) is 10.6 Å². The zero-order valence-corrected chi connectivity index (χ0v) is 11.9. The van der Waals surface area contributed by atoms with E-state index in [4.69, 9.17) is 4.74 Å². The van der Waals surface area contributed by atoms with Crippen molar-refractivity contribution in [3.63, 3.8) is 0 Å². The van der Waals surface area contributed by atoms with E-state index in [-0.39, 0.29) is 0 Å². The van der Waals surface area contributed by atoms with Crippen LogP contribution in [0.25, 0.3) is 0 Å². The van der Waals surface area contributed by atoms with Gasteiger partial charge in [-0.25, -0.2) is 0 Å². The van der Waals surface area contributed by atoms with Crippen molar-refractivity contribution in [2.24, 2.45) is 5.92 Å². The van der Waals surface area contributed by atoms with Gasteiger partial charge in [0.15, 0.2) is 0 Å². The minimum absolute atomic E-state index is 0.742. The molecule has 0 amide bonds. The average molecular weight is 254 g/mol. The van der Waals surface area contributed by atoms with Crippen LogP contribution in [0, 0.1) is 5.92 Å². The van der Waals surface area contributed by atoms with Crippen molar-refractivity contribution >= 4 is 0 Å². The summed E-state index contributed by atoms with van der Waals surface area (Å²) in [5, 5.41) is 7.54. The summed E-state index contributed by atoms with van der Waals surface area (Å²) in [5.74, 6) is 0.863. The molecule has 3 unspecified atom stereocenters. The second-order valence-corrected chi connectivity index (χ2v) is 5.91. The van der Waals surface area contributed by atoms with Gasteiger partial charge in [0.25, 0.3) is 0 Å². The first-order valence-electron chi connectivity index (χ1n) is 7.87. The Morgan fingerprint density at radius 1 is 1.11 bits per heavy atom. The van der Waals surface area contributed by atoms with E-state index >= 15 is 0 Å². The minimum Gasteiger partial charge on any atom is -0.385 e. The highest BCUT2D eigenvalue weighted by Gasteiger charge is 2.31. The molecular formula is C15H30N2O. The molecule has 2 rings (SSSR count). The van der Waals surface area contributed by atoms with Gasteiger partial charge in [0, 0.05) is 25.8 Å². The summed E-state index contributed by atoms with van der Waals surface area (Å²) >= 11 is 0. The van der Waals surface area contributed by atoms with Crippen LogP contribution >= 0.6 is 0 Å². The van der Waals surface area contributed by atoms with Crippen LogP contribution in [0.3, 0.4) is 0 Å². The maximum absolute atomic E-state index is 5.12. The standard InChI is InChI=1S/C15H30N2O/c1-18-12-6-11-17-14-8-3-2-7-13(14)15-9-4-5-10-16-15/h13-17H,2-12H2,1H3. The Labute approximate surface area is 112 Å². The summed E-state index contributed by atoms with van der Waals surface area (Å²) in [5.41, 5.74) is 0. The van der Waals surface area contributed by atoms with Gasteiger partial charge in [-0.1, -0.05) is 19.3 Å². The number of hydrogen-bond acceptors (Lipinski definition) is 3. The van der Waals surface area contributed by atoms with E-state index in [1.54, 1.807) is 7.11 Å². The highest BCUT2D eigenvalue weighted by molar-refractivity contribution is 4.90. The summed E-state index contributed by atoms with van der Waals surface area (Å²) < 4.78 is 5.12. The van der Waals surface area contributed by atoms with Gasteiger partial charge in [-0.3, -0.25) is 0 Å². The van der Waals surface area contributed by atoms with Gasteiger partial charge in [0.2, 0.25) is 0 Å². The smallest absolute Gasteiger partial charge is 0.0474 e. The quantitative estimate of drug-likeness (QED) is 0.714. The molecule has 3 heteroatoms. The normalized spacial score (nSPS) is 33.5. The molecule has 1 saturated heterocycles. The van der Waals surface area contributed by atoms with Crippen molar-refractivity contribution in [1.82, 2.24) is 10.6 Å². The van der Waals surface area contributed by atoms with Crippen LogP contribution in [0.4, 0.5) is 0 Å². The van der Waals surface area contributed by atoms with Gasteiger partial charge in [0.05, 0.1) is 0 Å². The molecule has 0 spiro atoms. The molecule has 2 N–H and O–H groups in total. The Balaban J connectivity index is 1.77. The van der Waals surface area contributed by atoms with Crippen LogP contribution in [0.2, 0.25) is 0 Å². The lowest BCUT2D eigenvalue weighted by molar-refractivity contribution is 0.168. The largest absolute Gasteiger partial charge is 0.385 e. The van der Waals surface area contributed by atoms with Crippen LogP contribution in [-0.4, -0.2) is 38.9 Å². The lowest BCUT2D eigenvalue weighted by Gasteiger charge is -2.40. The minimum atomic E-state index is 0.742. The van der Waals surface area contributed by atoms with E-state index in [1.807, 2.05) is 0 Å². The summed E-state index contributed by atoms with van der Waals surface area (Å²) in [6.45, 7) is 3.23. The molecule has 2 aliphatic rings. The SMILES string of the molecule is COCCCNC1CCCCC1C1CCCCN1. The number of hydrogen-bond donors (Lipinski definition) is 2. The second kappa shape index (κ2) is 8.13.